The van der Waals surface area contributed by atoms with E-state index in [2.05, 4.69) is 36.8 Å². The SMILES string of the molecule is NC(=[Se])Nc1ccc(SC(F)(F)F)cc1Br. The Hall–Kier alpha value is -0.171. The van der Waals surface area contributed by atoms with Crippen LogP contribution in [0.2, 0.25) is 0 Å². The van der Waals surface area contributed by atoms with Crippen molar-refractivity contribution in [3.63, 3.8) is 0 Å². The summed E-state index contributed by atoms with van der Waals surface area (Å²) in [5.41, 5.74) is 1.70. The molecule has 0 aliphatic heterocycles. The van der Waals surface area contributed by atoms with Crippen molar-refractivity contribution in [2.75, 3.05) is 5.32 Å². The fourth-order valence-electron chi connectivity index (χ4n) is 0.927. The standard InChI is InChI=1S/C8H6BrF3N2SSe/c9-5-3-4(15-8(10,11)12)1-2-6(5)14-7(13)16/h1-3H,(H3,13,14,16). The van der Waals surface area contributed by atoms with Crippen molar-refractivity contribution in [2.24, 2.45) is 5.73 Å². The van der Waals surface area contributed by atoms with Gasteiger partial charge in [-0.2, -0.15) is 0 Å². The number of alkyl halides is 3. The summed E-state index contributed by atoms with van der Waals surface area (Å²) >= 11 is 5.54. The van der Waals surface area contributed by atoms with Crippen LogP contribution in [0, 0.1) is 0 Å². The molecule has 0 saturated carbocycles. The Bertz CT molecular complexity index is 411. The van der Waals surface area contributed by atoms with Gasteiger partial charge in [0.25, 0.3) is 0 Å². The van der Waals surface area contributed by atoms with E-state index in [0.717, 1.165) is 0 Å². The molecule has 0 fully saturated rings. The average Bonchev–Trinajstić information content (AvgIpc) is 2.06. The summed E-state index contributed by atoms with van der Waals surface area (Å²) in [4.78, 5) is 0.114. The minimum atomic E-state index is -4.28. The van der Waals surface area contributed by atoms with Crippen molar-refractivity contribution in [3.8, 4) is 0 Å². The van der Waals surface area contributed by atoms with E-state index in [9.17, 15) is 13.2 Å². The van der Waals surface area contributed by atoms with Crippen LogP contribution in [-0.4, -0.2) is 25.7 Å². The molecule has 0 atom stereocenters. The van der Waals surface area contributed by atoms with Crippen molar-refractivity contribution < 1.29 is 13.2 Å². The summed E-state index contributed by atoms with van der Waals surface area (Å²) in [6.45, 7) is 0. The van der Waals surface area contributed by atoms with E-state index in [1.807, 2.05) is 0 Å². The first kappa shape index (κ1) is 13.9. The molecule has 16 heavy (non-hydrogen) atoms. The molecule has 0 aliphatic rings. The number of thioether (sulfide) groups is 1. The zero-order chi connectivity index (χ0) is 12.3. The number of nitrogens with one attached hydrogen (secondary N) is 1. The third-order valence-corrected chi connectivity index (χ3v) is 3.02. The molecule has 0 saturated heterocycles. The second kappa shape index (κ2) is 5.44. The second-order valence-electron chi connectivity index (χ2n) is 2.68. The van der Waals surface area contributed by atoms with Crippen LogP contribution in [0.25, 0.3) is 0 Å². The van der Waals surface area contributed by atoms with E-state index in [-0.39, 0.29) is 16.7 Å². The van der Waals surface area contributed by atoms with Crippen LogP contribution in [0.3, 0.4) is 0 Å². The first-order valence-electron chi connectivity index (χ1n) is 3.90. The summed E-state index contributed by atoms with van der Waals surface area (Å²) < 4.78 is 37.1. The van der Waals surface area contributed by atoms with Gasteiger partial charge in [-0.25, -0.2) is 0 Å². The van der Waals surface area contributed by atoms with Crippen LogP contribution in [-0.2, 0) is 0 Å². The summed E-state index contributed by atoms with van der Waals surface area (Å²) in [5.74, 6) is 0. The Balaban J connectivity index is 2.87. The van der Waals surface area contributed by atoms with Gasteiger partial charge < -0.3 is 0 Å². The van der Waals surface area contributed by atoms with Crippen LogP contribution in [0.1, 0.15) is 0 Å². The van der Waals surface area contributed by atoms with Gasteiger partial charge in [-0.05, 0) is 0 Å². The first-order chi connectivity index (χ1) is 7.28. The Labute approximate surface area is 111 Å². The minimum absolute atomic E-state index is 0.114. The molecule has 0 spiro atoms. The number of hydrogen-bond acceptors (Lipinski definition) is 3. The van der Waals surface area contributed by atoms with Crippen molar-refractivity contribution in [1.29, 1.82) is 0 Å². The number of nitrogens with two attached hydrogens (primary N) is 1. The quantitative estimate of drug-likeness (QED) is 0.628. The van der Waals surface area contributed by atoms with E-state index in [4.69, 9.17) is 5.73 Å². The molecule has 0 heterocycles. The molecule has 1 aromatic carbocycles. The fraction of sp³-hybridized carbons (Fsp3) is 0.125. The Morgan fingerprint density at radius 2 is 2.06 bits per heavy atom. The maximum atomic E-state index is 12.1. The van der Waals surface area contributed by atoms with Crippen LogP contribution >= 0.6 is 27.7 Å². The molecule has 1 rings (SSSR count). The fourth-order valence-corrected chi connectivity index (χ4v) is 2.37. The summed E-state index contributed by atoms with van der Waals surface area (Å²) in [7, 11) is 0. The molecule has 2 nitrogen and oxygen atoms in total. The van der Waals surface area contributed by atoms with Crippen LogP contribution < -0.4 is 11.1 Å². The molecule has 0 aliphatic carbocycles. The third kappa shape index (κ3) is 4.78. The molecule has 1 aromatic rings. The third-order valence-electron chi connectivity index (χ3n) is 1.43. The molecule has 0 aromatic heterocycles. The first-order valence-corrected chi connectivity index (χ1v) is 6.36. The number of rotatable bonds is 3. The van der Waals surface area contributed by atoms with Crippen LogP contribution in [0.15, 0.2) is 27.6 Å². The molecular weight excluding hydrogens is 372 g/mol. The summed E-state index contributed by atoms with van der Waals surface area (Å²) in [6, 6.07) is 4.26. The molecule has 0 bridgehead atoms. The normalized spacial score (nSPS) is 11.2. The molecule has 8 heteroatoms. The van der Waals surface area contributed by atoms with Crippen molar-refractivity contribution in [1.82, 2.24) is 0 Å². The van der Waals surface area contributed by atoms with Crippen LogP contribution in [0.5, 0.6) is 0 Å². The van der Waals surface area contributed by atoms with Crippen molar-refractivity contribution >= 4 is 53.6 Å². The van der Waals surface area contributed by atoms with E-state index in [0.29, 0.717) is 14.8 Å². The summed E-state index contributed by atoms with van der Waals surface area (Å²) in [5, 5.41) is 2.76. The Kier molecular flexibility index (Phi) is 4.73. The monoisotopic (exact) mass is 378 g/mol. The second-order valence-corrected chi connectivity index (χ2v) is 5.59. The molecular formula is C8H6BrF3N2SSe. The summed E-state index contributed by atoms with van der Waals surface area (Å²) in [6.07, 6.45) is 0. The van der Waals surface area contributed by atoms with Gasteiger partial charge >= 0.3 is 111 Å². The number of benzene rings is 1. The number of halogens is 4. The topological polar surface area (TPSA) is 38.0 Å². The van der Waals surface area contributed by atoms with Gasteiger partial charge in [0.2, 0.25) is 0 Å². The Morgan fingerprint density at radius 3 is 2.50 bits per heavy atom. The molecule has 0 unspecified atom stereocenters. The number of anilines is 1. The van der Waals surface area contributed by atoms with Gasteiger partial charge in [0, 0.05) is 0 Å². The Morgan fingerprint density at radius 1 is 1.44 bits per heavy atom. The van der Waals surface area contributed by atoms with E-state index in [1.54, 1.807) is 0 Å². The van der Waals surface area contributed by atoms with Crippen molar-refractivity contribution in [2.45, 2.75) is 10.4 Å². The van der Waals surface area contributed by atoms with E-state index in [1.165, 1.54) is 18.2 Å². The van der Waals surface area contributed by atoms with Gasteiger partial charge in [0.1, 0.15) is 0 Å². The van der Waals surface area contributed by atoms with Crippen LogP contribution in [0.4, 0.5) is 18.9 Å². The van der Waals surface area contributed by atoms with Gasteiger partial charge in [0.15, 0.2) is 0 Å². The molecule has 0 radical (unpaired) electrons. The van der Waals surface area contributed by atoms with E-state index < -0.39 is 5.51 Å². The van der Waals surface area contributed by atoms with E-state index >= 15 is 0 Å². The van der Waals surface area contributed by atoms with Gasteiger partial charge in [-0.3, -0.25) is 0 Å². The predicted molar refractivity (Wildman–Crippen MR) is 64.6 cm³/mol. The number of hydrogen-bond donors (Lipinski definition) is 2. The predicted octanol–water partition coefficient (Wildman–Crippen LogP) is 2.69. The molecule has 88 valence electrons. The maximum absolute atomic E-state index is 12.1. The van der Waals surface area contributed by atoms with Gasteiger partial charge in [0.05, 0.1) is 0 Å². The molecule has 0 amide bonds. The average molecular weight is 378 g/mol. The zero-order valence-corrected chi connectivity index (χ0v) is 11.8. The van der Waals surface area contributed by atoms with Gasteiger partial charge in [-0.15, -0.1) is 0 Å². The zero-order valence-electron chi connectivity index (χ0n) is 7.64. The molecule has 3 N–H and O–H groups in total. The van der Waals surface area contributed by atoms with Crippen molar-refractivity contribution in [3.05, 3.63) is 22.7 Å². The van der Waals surface area contributed by atoms with Gasteiger partial charge in [-0.1, -0.05) is 0 Å².